The van der Waals surface area contributed by atoms with Gasteiger partial charge in [0.1, 0.15) is 23.0 Å². The van der Waals surface area contributed by atoms with Gasteiger partial charge in [0, 0.05) is 37.9 Å². The molecule has 162 valence electrons. The summed E-state index contributed by atoms with van der Waals surface area (Å²) >= 11 is 1.33. The number of rotatable bonds is 6. The molecule has 9 heteroatoms. The summed E-state index contributed by atoms with van der Waals surface area (Å²) < 4.78 is 14.0. The fourth-order valence-electron chi connectivity index (χ4n) is 3.43. The van der Waals surface area contributed by atoms with E-state index in [-0.39, 0.29) is 17.5 Å². The van der Waals surface area contributed by atoms with Gasteiger partial charge in [0.25, 0.3) is 0 Å². The maximum Gasteiger partial charge on any atom is 0.234 e. The van der Waals surface area contributed by atoms with E-state index >= 15 is 0 Å². The smallest absolute Gasteiger partial charge is 0.234 e. The highest BCUT2D eigenvalue weighted by atomic mass is 32.2. The molecule has 2 aromatic carbocycles. The van der Waals surface area contributed by atoms with Crippen LogP contribution in [0.2, 0.25) is 0 Å². The first-order chi connectivity index (χ1) is 15.6. The standard InChI is InChI=1S/C23H21FN6OS/c24-19-3-1-2-4-20(19)29-9-11-30(12-10-29)21-13-23(27-16-26-21)32-15-22(31)28-18-7-5-17(14-25)6-8-18/h1-8,13,16H,9-12,15H2,(H,28,31). The Morgan fingerprint density at radius 2 is 1.78 bits per heavy atom. The molecule has 7 nitrogen and oxygen atoms in total. The van der Waals surface area contributed by atoms with Crippen LogP contribution in [-0.2, 0) is 4.79 Å². The van der Waals surface area contributed by atoms with E-state index < -0.39 is 0 Å². The fraction of sp³-hybridized carbons (Fsp3) is 0.217. The molecule has 0 saturated carbocycles. The Balaban J connectivity index is 1.30. The monoisotopic (exact) mass is 448 g/mol. The van der Waals surface area contributed by atoms with Crippen LogP contribution in [0.4, 0.5) is 21.6 Å². The number of hydrogen-bond acceptors (Lipinski definition) is 7. The van der Waals surface area contributed by atoms with Crippen molar-refractivity contribution in [3.63, 3.8) is 0 Å². The Morgan fingerprint density at radius 1 is 1.06 bits per heavy atom. The number of anilines is 3. The summed E-state index contributed by atoms with van der Waals surface area (Å²) in [5, 5.41) is 12.4. The van der Waals surface area contributed by atoms with Crippen LogP contribution in [0.1, 0.15) is 5.56 Å². The molecule has 0 spiro atoms. The van der Waals surface area contributed by atoms with E-state index in [1.807, 2.05) is 23.1 Å². The molecule has 1 saturated heterocycles. The van der Waals surface area contributed by atoms with Crippen molar-refractivity contribution >= 4 is 34.9 Å². The van der Waals surface area contributed by atoms with E-state index in [4.69, 9.17) is 5.26 Å². The molecule has 0 bridgehead atoms. The number of carbonyl (C=O) groups excluding carboxylic acids is 1. The van der Waals surface area contributed by atoms with Crippen LogP contribution < -0.4 is 15.1 Å². The van der Waals surface area contributed by atoms with Crippen molar-refractivity contribution in [2.45, 2.75) is 5.03 Å². The quantitative estimate of drug-likeness (QED) is 0.456. The second-order valence-corrected chi connectivity index (χ2v) is 8.16. The van der Waals surface area contributed by atoms with Crippen LogP contribution >= 0.6 is 11.8 Å². The summed E-state index contributed by atoms with van der Waals surface area (Å²) in [4.78, 5) is 25.0. The first kappa shape index (κ1) is 21.6. The Hall–Kier alpha value is -3.64. The maximum atomic E-state index is 14.0. The first-order valence-electron chi connectivity index (χ1n) is 10.1. The second kappa shape index (κ2) is 10.1. The summed E-state index contributed by atoms with van der Waals surface area (Å²) in [6, 6.07) is 17.4. The molecule has 0 unspecified atom stereocenters. The molecule has 1 aliphatic rings. The summed E-state index contributed by atoms with van der Waals surface area (Å²) in [6.07, 6.45) is 1.50. The van der Waals surface area contributed by atoms with Crippen LogP contribution in [0.15, 0.2) is 66.0 Å². The van der Waals surface area contributed by atoms with Gasteiger partial charge in [0.2, 0.25) is 5.91 Å². The zero-order valence-electron chi connectivity index (χ0n) is 17.2. The third kappa shape index (κ3) is 5.34. The van der Waals surface area contributed by atoms with Gasteiger partial charge >= 0.3 is 0 Å². The second-order valence-electron chi connectivity index (χ2n) is 7.17. The number of nitrogens with zero attached hydrogens (tertiary/aromatic N) is 5. The number of piperazine rings is 1. The molecule has 0 aliphatic carbocycles. The number of hydrogen-bond donors (Lipinski definition) is 1. The molecule has 2 heterocycles. The molecule has 3 aromatic rings. The molecule has 1 amide bonds. The third-order valence-corrected chi connectivity index (χ3v) is 6.00. The van der Waals surface area contributed by atoms with Gasteiger partial charge in [-0.15, -0.1) is 0 Å². The molecule has 0 atom stereocenters. The van der Waals surface area contributed by atoms with E-state index in [1.54, 1.807) is 36.4 Å². The van der Waals surface area contributed by atoms with Crippen molar-refractivity contribution in [3.05, 3.63) is 72.3 Å². The maximum absolute atomic E-state index is 14.0. The topological polar surface area (TPSA) is 85.2 Å². The lowest BCUT2D eigenvalue weighted by atomic mass is 10.2. The van der Waals surface area contributed by atoms with Gasteiger partial charge in [0.15, 0.2) is 0 Å². The Bertz CT molecular complexity index is 1130. The predicted octanol–water partition coefficient (Wildman–Crippen LogP) is 3.54. The number of thioether (sulfide) groups is 1. The lowest BCUT2D eigenvalue weighted by Gasteiger charge is -2.36. The van der Waals surface area contributed by atoms with Crippen LogP contribution in [0.5, 0.6) is 0 Å². The van der Waals surface area contributed by atoms with Crippen LogP contribution in [-0.4, -0.2) is 47.8 Å². The van der Waals surface area contributed by atoms with Gasteiger partial charge in [-0.1, -0.05) is 23.9 Å². The Morgan fingerprint density at radius 3 is 2.50 bits per heavy atom. The number of nitriles is 1. The highest BCUT2D eigenvalue weighted by Crippen LogP contribution is 2.24. The first-order valence-corrected chi connectivity index (χ1v) is 11.1. The molecule has 4 rings (SSSR count). The third-order valence-electron chi connectivity index (χ3n) is 5.07. The number of carbonyl (C=O) groups is 1. The van der Waals surface area contributed by atoms with Gasteiger partial charge in [-0.3, -0.25) is 4.79 Å². The van der Waals surface area contributed by atoms with Crippen LogP contribution in [0, 0.1) is 17.1 Å². The largest absolute Gasteiger partial charge is 0.366 e. The predicted molar refractivity (Wildman–Crippen MR) is 123 cm³/mol. The molecule has 32 heavy (non-hydrogen) atoms. The van der Waals surface area contributed by atoms with Crippen molar-refractivity contribution in [2.75, 3.05) is 47.0 Å². The summed E-state index contributed by atoms with van der Waals surface area (Å²) in [7, 11) is 0. The SMILES string of the molecule is N#Cc1ccc(NC(=O)CSc2cc(N3CCN(c4ccccc4F)CC3)ncn2)cc1. The van der Waals surface area contributed by atoms with Gasteiger partial charge in [-0.2, -0.15) is 5.26 Å². The minimum absolute atomic E-state index is 0.154. The average Bonchev–Trinajstić information content (AvgIpc) is 2.84. The van der Waals surface area contributed by atoms with Crippen molar-refractivity contribution in [1.29, 1.82) is 5.26 Å². The van der Waals surface area contributed by atoms with Crippen molar-refractivity contribution in [1.82, 2.24) is 9.97 Å². The average molecular weight is 449 g/mol. The minimum atomic E-state index is -0.207. The van der Waals surface area contributed by atoms with E-state index in [9.17, 15) is 9.18 Å². The van der Waals surface area contributed by atoms with E-state index in [0.29, 0.717) is 48.1 Å². The zero-order chi connectivity index (χ0) is 22.3. The van der Waals surface area contributed by atoms with Crippen LogP contribution in [0.3, 0.4) is 0 Å². The number of para-hydroxylation sites is 1. The zero-order valence-corrected chi connectivity index (χ0v) is 18.1. The summed E-state index contributed by atoms with van der Waals surface area (Å²) in [5.41, 5.74) is 1.81. The number of aromatic nitrogens is 2. The van der Waals surface area contributed by atoms with Crippen molar-refractivity contribution in [3.8, 4) is 6.07 Å². The lowest BCUT2D eigenvalue weighted by molar-refractivity contribution is -0.113. The highest BCUT2D eigenvalue weighted by Gasteiger charge is 2.20. The highest BCUT2D eigenvalue weighted by molar-refractivity contribution is 7.99. The Labute approximate surface area is 189 Å². The minimum Gasteiger partial charge on any atom is -0.366 e. The molecule has 1 aliphatic heterocycles. The van der Waals surface area contributed by atoms with Gasteiger partial charge in [-0.25, -0.2) is 14.4 Å². The molecule has 0 radical (unpaired) electrons. The number of halogens is 1. The molecule has 1 aromatic heterocycles. The van der Waals surface area contributed by atoms with E-state index in [1.165, 1.54) is 24.2 Å². The number of nitrogens with one attached hydrogen (secondary N) is 1. The summed E-state index contributed by atoms with van der Waals surface area (Å²) in [6.45, 7) is 2.82. The summed E-state index contributed by atoms with van der Waals surface area (Å²) in [5.74, 6) is 0.639. The lowest BCUT2D eigenvalue weighted by Crippen LogP contribution is -2.47. The van der Waals surface area contributed by atoms with Gasteiger partial charge < -0.3 is 15.1 Å². The van der Waals surface area contributed by atoms with Gasteiger partial charge in [-0.05, 0) is 36.4 Å². The van der Waals surface area contributed by atoms with Crippen LogP contribution in [0.25, 0.3) is 0 Å². The van der Waals surface area contributed by atoms with E-state index in [2.05, 4.69) is 20.2 Å². The van der Waals surface area contributed by atoms with Crippen molar-refractivity contribution in [2.24, 2.45) is 0 Å². The Kier molecular flexibility index (Phi) is 6.82. The molecular weight excluding hydrogens is 427 g/mol. The normalized spacial score (nSPS) is 13.5. The molecule has 1 fully saturated rings. The van der Waals surface area contributed by atoms with E-state index in [0.717, 1.165) is 5.82 Å². The molecule has 1 N–H and O–H groups in total. The van der Waals surface area contributed by atoms with Gasteiger partial charge in [0.05, 0.1) is 23.1 Å². The number of benzene rings is 2. The molecular formula is C23H21FN6OS. The van der Waals surface area contributed by atoms with Crippen molar-refractivity contribution < 1.29 is 9.18 Å². The number of amides is 1. The fourth-order valence-corrected chi connectivity index (χ4v) is 4.09.